The highest BCUT2D eigenvalue weighted by molar-refractivity contribution is 7.10. The fourth-order valence-electron chi connectivity index (χ4n) is 2.09. The molecule has 0 unspecified atom stereocenters. The van der Waals surface area contributed by atoms with Gasteiger partial charge in [0.25, 0.3) is 0 Å². The van der Waals surface area contributed by atoms with E-state index in [1.807, 2.05) is 25.1 Å². The minimum absolute atomic E-state index is 0.820. The van der Waals surface area contributed by atoms with Gasteiger partial charge in [-0.15, -0.1) is 11.3 Å². The minimum atomic E-state index is 0.820. The number of hydrogen-bond donors (Lipinski definition) is 1. The normalized spacial score (nSPS) is 10.7. The molecule has 1 aromatic heterocycles. The fraction of sp³-hybridized carbons (Fsp3) is 0.118. The van der Waals surface area contributed by atoms with Crippen LogP contribution in [0.25, 0.3) is 11.3 Å². The van der Waals surface area contributed by atoms with Crippen molar-refractivity contribution < 1.29 is 0 Å². The smallest absolute Gasteiger partial charge is 0.0976 e. The van der Waals surface area contributed by atoms with Gasteiger partial charge in [0.05, 0.1) is 10.7 Å². The summed E-state index contributed by atoms with van der Waals surface area (Å²) in [6, 6.07) is 16.5. The topological polar surface area (TPSA) is 38.9 Å². The largest absolute Gasteiger partial charge is 0.398 e. The third-order valence-corrected chi connectivity index (χ3v) is 4.17. The Kier molecular flexibility index (Phi) is 3.52. The van der Waals surface area contributed by atoms with Crippen LogP contribution in [0.1, 0.15) is 16.1 Å². The Labute approximate surface area is 122 Å². The van der Waals surface area contributed by atoms with E-state index in [0.29, 0.717) is 0 Å². The Hall–Kier alpha value is -2.13. The first-order chi connectivity index (χ1) is 9.72. The second-order valence-electron chi connectivity index (χ2n) is 4.86. The molecule has 1 heterocycles. The number of nitrogen functional groups attached to an aromatic ring is 1. The summed E-state index contributed by atoms with van der Waals surface area (Å²) < 4.78 is 0. The zero-order valence-electron chi connectivity index (χ0n) is 11.3. The van der Waals surface area contributed by atoms with Crippen molar-refractivity contribution in [2.45, 2.75) is 13.3 Å². The van der Waals surface area contributed by atoms with Crippen LogP contribution in [0.5, 0.6) is 0 Å². The van der Waals surface area contributed by atoms with Crippen molar-refractivity contribution in [1.29, 1.82) is 0 Å². The zero-order chi connectivity index (χ0) is 13.9. The molecule has 0 saturated carbocycles. The second-order valence-corrected chi connectivity index (χ2v) is 5.80. The summed E-state index contributed by atoms with van der Waals surface area (Å²) in [6.07, 6.45) is 0.882. The molecule has 0 radical (unpaired) electrons. The number of aromatic nitrogens is 1. The predicted molar refractivity (Wildman–Crippen MR) is 85.9 cm³/mol. The van der Waals surface area contributed by atoms with Crippen molar-refractivity contribution in [3.8, 4) is 11.3 Å². The molecular weight excluding hydrogens is 264 g/mol. The molecule has 0 amide bonds. The number of rotatable bonds is 3. The van der Waals surface area contributed by atoms with Crippen molar-refractivity contribution in [3.05, 3.63) is 70.0 Å². The Morgan fingerprint density at radius 2 is 1.90 bits per heavy atom. The third-order valence-electron chi connectivity index (χ3n) is 3.32. The summed E-state index contributed by atoms with van der Waals surface area (Å²) in [4.78, 5) is 4.71. The summed E-state index contributed by atoms with van der Waals surface area (Å²) >= 11 is 1.70. The Morgan fingerprint density at radius 3 is 2.65 bits per heavy atom. The van der Waals surface area contributed by atoms with E-state index in [0.717, 1.165) is 33.9 Å². The molecule has 20 heavy (non-hydrogen) atoms. The molecule has 2 nitrogen and oxygen atoms in total. The van der Waals surface area contributed by atoms with E-state index in [-0.39, 0.29) is 0 Å². The Morgan fingerprint density at radius 1 is 1.10 bits per heavy atom. The van der Waals surface area contributed by atoms with Gasteiger partial charge in [-0.2, -0.15) is 0 Å². The van der Waals surface area contributed by atoms with Crippen LogP contribution >= 0.6 is 11.3 Å². The molecule has 0 aliphatic heterocycles. The van der Waals surface area contributed by atoms with Gasteiger partial charge in [0.15, 0.2) is 0 Å². The van der Waals surface area contributed by atoms with Crippen LogP contribution in [0, 0.1) is 6.92 Å². The van der Waals surface area contributed by atoms with Crippen LogP contribution in [0.3, 0.4) is 0 Å². The molecular formula is C17H16N2S. The maximum Gasteiger partial charge on any atom is 0.0976 e. The number of hydrogen-bond acceptors (Lipinski definition) is 3. The van der Waals surface area contributed by atoms with Crippen LogP contribution in [-0.2, 0) is 6.42 Å². The molecule has 3 aromatic rings. The van der Waals surface area contributed by atoms with Gasteiger partial charge < -0.3 is 5.73 Å². The Balaban J connectivity index is 1.84. The first kappa shape index (κ1) is 12.9. The third kappa shape index (κ3) is 2.73. The average molecular weight is 280 g/mol. The first-order valence-corrected chi connectivity index (χ1v) is 7.45. The molecule has 0 aliphatic rings. The molecule has 0 atom stereocenters. The molecule has 0 bridgehead atoms. The highest BCUT2D eigenvalue weighted by Crippen LogP contribution is 2.26. The van der Waals surface area contributed by atoms with Gasteiger partial charge in [-0.05, 0) is 24.1 Å². The highest BCUT2D eigenvalue weighted by Gasteiger charge is 2.06. The summed E-state index contributed by atoms with van der Waals surface area (Å²) in [7, 11) is 0. The van der Waals surface area contributed by atoms with Crippen LogP contribution in [0.4, 0.5) is 5.69 Å². The van der Waals surface area contributed by atoms with E-state index in [1.54, 1.807) is 11.3 Å². The fourth-order valence-corrected chi connectivity index (χ4v) is 2.93. The number of nitrogens with zero attached hydrogens (tertiary/aromatic N) is 1. The van der Waals surface area contributed by atoms with Crippen molar-refractivity contribution in [2.24, 2.45) is 0 Å². The standard InChI is InChI=1S/C17H16N2S/c1-12-7-8-14(10-15(12)18)16-11-20-17(19-16)9-13-5-3-2-4-6-13/h2-8,10-11H,9,18H2,1H3. The van der Waals surface area contributed by atoms with Crippen LogP contribution in [0.2, 0.25) is 0 Å². The molecule has 3 heteroatoms. The van der Waals surface area contributed by atoms with Crippen molar-refractivity contribution in [3.63, 3.8) is 0 Å². The number of nitrogens with two attached hydrogens (primary N) is 1. The molecule has 2 aromatic carbocycles. The monoisotopic (exact) mass is 280 g/mol. The molecule has 0 saturated heterocycles. The molecule has 0 fully saturated rings. The maximum atomic E-state index is 5.96. The number of benzene rings is 2. The van der Waals surface area contributed by atoms with Gasteiger partial charge in [-0.3, -0.25) is 0 Å². The minimum Gasteiger partial charge on any atom is -0.398 e. The molecule has 0 spiro atoms. The number of anilines is 1. The van der Waals surface area contributed by atoms with Gasteiger partial charge in [0, 0.05) is 23.1 Å². The van der Waals surface area contributed by atoms with E-state index >= 15 is 0 Å². The summed E-state index contributed by atoms with van der Waals surface area (Å²) in [6.45, 7) is 2.01. The molecule has 100 valence electrons. The first-order valence-electron chi connectivity index (χ1n) is 6.57. The SMILES string of the molecule is Cc1ccc(-c2csc(Cc3ccccc3)n2)cc1N. The number of thiazole rings is 1. The zero-order valence-corrected chi connectivity index (χ0v) is 12.2. The van der Waals surface area contributed by atoms with Crippen LogP contribution in [-0.4, -0.2) is 4.98 Å². The maximum absolute atomic E-state index is 5.96. The highest BCUT2D eigenvalue weighted by atomic mass is 32.1. The second kappa shape index (κ2) is 5.47. The lowest BCUT2D eigenvalue weighted by Crippen LogP contribution is -1.90. The number of aryl methyl sites for hydroxylation is 1. The predicted octanol–water partition coefficient (Wildman–Crippen LogP) is 4.29. The van der Waals surface area contributed by atoms with Gasteiger partial charge >= 0.3 is 0 Å². The quantitative estimate of drug-likeness (QED) is 0.727. The van der Waals surface area contributed by atoms with Crippen molar-refractivity contribution in [1.82, 2.24) is 4.98 Å². The van der Waals surface area contributed by atoms with E-state index in [9.17, 15) is 0 Å². The van der Waals surface area contributed by atoms with Gasteiger partial charge in [-0.1, -0.05) is 42.5 Å². The Bertz CT molecular complexity index is 717. The van der Waals surface area contributed by atoms with Crippen molar-refractivity contribution in [2.75, 3.05) is 5.73 Å². The van der Waals surface area contributed by atoms with Crippen LogP contribution < -0.4 is 5.73 Å². The van der Waals surface area contributed by atoms with Gasteiger partial charge in [0.1, 0.15) is 0 Å². The van der Waals surface area contributed by atoms with E-state index in [2.05, 4.69) is 35.7 Å². The molecule has 2 N–H and O–H groups in total. The lowest BCUT2D eigenvalue weighted by Gasteiger charge is -2.02. The average Bonchev–Trinajstić information content (AvgIpc) is 2.91. The summed E-state index contributed by atoms with van der Waals surface area (Å²) in [5, 5.41) is 3.23. The molecule has 3 rings (SSSR count). The van der Waals surface area contributed by atoms with Crippen molar-refractivity contribution >= 4 is 17.0 Å². The summed E-state index contributed by atoms with van der Waals surface area (Å²) in [5.41, 5.74) is 11.3. The van der Waals surface area contributed by atoms with E-state index in [1.165, 1.54) is 5.56 Å². The van der Waals surface area contributed by atoms with Crippen LogP contribution in [0.15, 0.2) is 53.9 Å². The lowest BCUT2D eigenvalue weighted by molar-refractivity contribution is 1.14. The van der Waals surface area contributed by atoms with Gasteiger partial charge in [0.2, 0.25) is 0 Å². The van der Waals surface area contributed by atoms with E-state index < -0.39 is 0 Å². The van der Waals surface area contributed by atoms with E-state index in [4.69, 9.17) is 10.7 Å². The lowest BCUT2D eigenvalue weighted by atomic mass is 10.1. The molecule has 0 aliphatic carbocycles. The van der Waals surface area contributed by atoms with Gasteiger partial charge in [-0.25, -0.2) is 4.98 Å². The summed E-state index contributed by atoms with van der Waals surface area (Å²) in [5.74, 6) is 0.